The molecule has 0 saturated carbocycles. The molecule has 2 rings (SSSR count). The van der Waals surface area contributed by atoms with Crippen molar-refractivity contribution < 1.29 is 4.74 Å². The molecule has 0 amide bonds. The van der Waals surface area contributed by atoms with Gasteiger partial charge in [0.1, 0.15) is 17.4 Å². The molecule has 1 aromatic heterocycles. The van der Waals surface area contributed by atoms with Crippen LogP contribution in [0.4, 0.5) is 0 Å². The van der Waals surface area contributed by atoms with Crippen molar-refractivity contribution in [2.75, 3.05) is 0 Å². The van der Waals surface area contributed by atoms with Gasteiger partial charge in [-0.1, -0.05) is 15.9 Å². The van der Waals surface area contributed by atoms with Crippen molar-refractivity contribution in [2.24, 2.45) is 0 Å². The molecule has 0 aliphatic heterocycles. The summed E-state index contributed by atoms with van der Waals surface area (Å²) in [6.07, 6.45) is 1.87. The summed E-state index contributed by atoms with van der Waals surface area (Å²) in [6, 6.07) is 7.79. The van der Waals surface area contributed by atoms with Gasteiger partial charge in [-0.2, -0.15) is 0 Å². The highest BCUT2D eigenvalue weighted by Crippen LogP contribution is 2.18. The van der Waals surface area contributed by atoms with Crippen LogP contribution in [0.2, 0.25) is 0 Å². The summed E-state index contributed by atoms with van der Waals surface area (Å²) in [7, 11) is 0. The SMILES string of the molecule is Cc1cnc(COc2ccc(Br)cc2)s1. The second kappa shape index (κ2) is 4.77. The maximum absolute atomic E-state index is 5.59. The second-order valence-electron chi connectivity index (χ2n) is 3.11. The molecule has 0 bridgehead atoms. The Kier molecular flexibility index (Phi) is 3.38. The molecule has 0 aliphatic rings. The van der Waals surface area contributed by atoms with E-state index in [0.717, 1.165) is 15.2 Å². The topological polar surface area (TPSA) is 22.1 Å². The van der Waals surface area contributed by atoms with Crippen molar-refractivity contribution in [3.8, 4) is 5.75 Å². The summed E-state index contributed by atoms with van der Waals surface area (Å²) in [4.78, 5) is 5.45. The monoisotopic (exact) mass is 283 g/mol. The van der Waals surface area contributed by atoms with Gasteiger partial charge >= 0.3 is 0 Å². The zero-order valence-corrected chi connectivity index (χ0v) is 10.6. The van der Waals surface area contributed by atoms with Crippen molar-refractivity contribution in [1.29, 1.82) is 0 Å². The van der Waals surface area contributed by atoms with Crippen LogP contribution in [-0.2, 0) is 6.61 Å². The highest BCUT2D eigenvalue weighted by atomic mass is 79.9. The lowest BCUT2D eigenvalue weighted by atomic mass is 10.3. The maximum atomic E-state index is 5.59. The van der Waals surface area contributed by atoms with E-state index in [0.29, 0.717) is 6.61 Å². The number of rotatable bonds is 3. The Morgan fingerprint density at radius 3 is 2.67 bits per heavy atom. The average molecular weight is 284 g/mol. The number of aryl methyl sites for hydroxylation is 1. The van der Waals surface area contributed by atoms with E-state index in [1.54, 1.807) is 11.3 Å². The van der Waals surface area contributed by atoms with Crippen LogP contribution in [0.25, 0.3) is 0 Å². The molecule has 1 aromatic carbocycles. The molecule has 0 N–H and O–H groups in total. The van der Waals surface area contributed by atoms with Crippen LogP contribution in [-0.4, -0.2) is 4.98 Å². The Hall–Kier alpha value is -0.870. The molecule has 1 heterocycles. The highest BCUT2D eigenvalue weighted by Gasteiger charge is 1.99. The summed E-state index contributed by atoms with van der Waals surface area (Å²) in [5.74, 6) is 0.867. The fourth-order valence-electron chi connectivity index (χ4n) is 1.14. The molecule has 15 heavy (non-hydrogen) atoms. The van der Waals surface area contributed by atoms with Crippen LogP contribution < -0.4 is 4.74 Å². The van der Waals surface area contributed by atoms with Gasteiger partial charge in [-0.25, -0.2) is 4.98 Å². The number of hydrogen-bond donors (Lipinski definition) is 0. The van der Waals surface area contributed by atoms with Crippen LogP contribution in [0.3, 0.4) is 0 Å². The van der Waals surface area contributed by atoms with Gasteiger partial charge in [0.05, 0.1) is 0 Å². The maximum Gasteiger partial charge on any atom is 0.140 e. The molecular formula is C11H10BrNOS. The third kappa shape index (κ3) is 3.04. The molecule has 0 spiro atoms. The molecule has 2 aromatic rings. The van der Waals surface area contributed by atoms with Gasteiger partial charge in [-0.3, -0.25) is 0 Å². The number of hydrogen-bond acceptors (Lipinski definition) is 3. The Labute approximate surface area is 101 Å². The van der Waals surface area contributed by atoms with Gasteiger partial charge in [0.15, 0.2) is 0 Å². The van der Waals surface area contributed by atoms with Gasteiger partial charge in [0.25, 0.3) is 0 Å². The molecule has 0 fully saturated rings. The number of ether oxygens (including phenoxy) is 1. The largest absolute Gasteiger partial charge is 0.486 e. The van der Waals surface area contributed by atoms with Crippen molar-refractivity contribution in [3.05, 3.63) is 44.8 Å². The molecule has 0 atom stereocenters. The predicted molar refractivity (Wildman–Crippen MR) is 65.3 cm³/mol. The number of halogens is 1. The molecule has 0 saturated heterocycles. The van der Waals surface area contributed by atoms with E-state index in [4.69, 9.17) is 4.74 Å². The molecule has 0 aliphatic carbocycles. The first-order chi connectivity index (χ1) is 7.24. The number of thiazole rings is 1. The van der Waals surface area contributed by atoms with Gasteiger partial charge in [0.2, 0.25) is 0 Å². The van der Waals surface area contributed by atoms with Crippen LogP contribution in [0.15, 0.2) is 34.9 Å². The molecule has 0 radical (unpaired) electrons. The Bertz CT molecular complexity index is 438. The van der Waals surface area contributed by atoms with E-state index in [-0.39, 0.29) is 0 Å². The minimum absolute atomic E-state index is 0.542. The van der Waals surface area contributed by atoms with Gasteiger partial charge < -0.3 is 4.74 Å². The smallest absolute Gasteiger partial charge is 0.140 e. The number of nitrogens with zero attached hydrogens (tertiary/aromatic N) is 1. The zero-order chi connectivity index (χ0) is 10.7. The van der Waals surface area contributed by atoms with E-state index in [1.165, 1.54) is 4.88 Å². The quantitative estimate of drug-likeness (QED) is 0.855. The van der Waals surface area contributed by atoms with Crippen molar-refractivity contribution in [1.82, 2.24) is 4.98 Å². The summed E-state index contributed by atoms with van der Waals surface area (Å²) in [5, 5.41) is 1.01. The van der Waals surface area contributed by atoms with Gasteiger partial charge in [0, 0.05) is 15.5 Å². The molecule has 4 heteroatoms. The third-order valence-electron chi connectivity index (χ3n) is 1.85. The van der Waals surface area contributed by atoms with Crippen molar-refractivity contribution in [3.63, 3.8) is 0 Å². The summed E-state index contributed by atoms with van der Waals surface area (Å²) >= 11 is 5.04. The first kappa shape index (κ1) is 10.6. The van der Waals surface area contributed by atoms with E-state index in [1.807, 2.05) is 37.4 Å². The lowest BCUT2D eigenvalue weighted by Crippen LogP contribution is -1.93. The van der Waals surface area contributed by atoms with E-state index in [9.17, 15) is 0 Å². The number of benzene rings is 1. The summed E-state index contributed by atoms with van der Waals surface area (Å²) in [5.41, 5.74) is 0. The molecule has 78 valence electrons. The lowest BCUT2D eigenvalue weighted by molar-refractivity contribution is 0.305. The predicted octanol–water partition coefficient (Wildman–Crippen LogP) is 3.79. The molecule has 0 unspecified atom stereocenters. The normalized spacial score (nSPS) is 10.3. The Morgan fingerprint density at radius 2 is 2.07 bits per heavy atom. The third-order valence-corrected chi connectivity index (χ3v) is 3.26. The molecular weight excluding hydrogens is 274 g/mol. The second-order valence-corrected chi connectivity index (χ2v) is 5.34. The molecule has 2 nitrogen and oxygen atoms in total. The van der Waals surface area contributed by atoms with Crippen molar-refractivity contribution >= 4 is 27.3 Å². The van der Waals surface area contributed by atoms with Gasteiger partial charge in [-0.15, -0.1) is 11.3 Å². The zero-order valence-electron chi connectivity index (χ0n) is 8.24. The fourth-order valence-corrected chi connectivity index (χ4v) is 2.11. The standard InChI is InChI=1S/C11H10BrNOS/c1-8-6-13-11(15-8)7-14-10-4-2-9(12)3-5-10/h2-6H,7H2,1H3. The Balaban J connectivity index is 1.96. The van der Waals surface area contributed by atoms with Crippen LogP contribution >= 0.6 is 27.3 Å². The lowest BCUT2D eigenvalue weighted by Gasteiger charge is -2.03. The van der Waals surface area contributed by atoms with E-state index in [2.05, 4.69) is 20.9 Å². The van der Waals surface area contributed by atoms with E-state index < -0.39 is 0 Å². The van der Waals surface area contributed by atoms with E-state index >= 15 is 0 Å². The fraction of sp³-hybridized carbons (Fsp3) is 0.182. The first-order valence-electron chi connectivity index (χ1n) is 4.54. The van der Waals surface area contributed by atoms with Crippen molar-refractivity contribution in [2.45, 2.75) is 13.5 Å². The minimum atomic E-state index is 0.542. The number of aromatic nitrogens is 1. The summed E-state index contributed by atoms with van der Waals surface area (Å²) < 4.78 is 6.64. The van der Waals surface area contributed by atoms with Crippen LogP contribution in [0, 0.1) is 6.92 Å². The summed E-state index contributed by atoms with van der Waals surface area (Å²) in [6.45, 7) is 2.58. The van der Waals surface area contributed by atoms with Crippen LogP contribution in [0.5, 0.6) is 5.75 Å². The van der Waals surface area contributed by atoms with Crippen LogP contribution in [0.1, 0.15) is 9.88 Å². The average Bonchev–Trinajstić information content (AvgIpc) is 2.64. The van der Waals surface area contributed by atoms with Gasteiger partial charge in [-0.05, 0) is 31.2 Å². The minimum Gasteiger partial charge on any atom is -0.486 e. The highest BCUT2D eigenvalue weighted by molar-refractivity contribution is 9.10. The Morgan fingerprint density at radius 1 is 1.33 bits per heavy atom. The first-order valence-corrected chi connectivity index (χ1v) is 6.14.